The fourth-order valence-electron chi connectivity index (χ4n) is 1.77. The predicted molar refractivity (Wildman–Crippen MR) is 74.9 cm³/mol. The standard InChI is InChI=1S/C12H16N4O3S/c1-4-8-6-9(17)13-11-14-15-12(16(8)11)20-7(3)10(18)19-5-2/h6-7H,4-5H2,1-3H3,(H,13,14,17)/t7-/m0/s1. The minimum absolute atomic E-state index is 0.211. The van der Waals surface area contributed by atoms with Crippen molar-refractivity contribution in [1.82, 2.24) is 19.6 Å². The molecule has 1 N–H and O–H groups in total. The highest BCUT2D eigenvalue weighted by Gasteiger charge is 2.20. The summed E-state index contributed by atoms with van der Waals surface area (Å²) in [6.45, 7) is 5.80. The molecule has 2 aromatic heterocycles. The van der Waals surface area contributed by atoms with E-state index in [2.05, 4.69) is 15.2 Å². The fourth-order valence-corrected chi connectivity index (χ4v) is 2.65. The molecule has 20 heavy (non-hydrogen) atoms. The number of nitrogens with zero attached hydrogens (tertiary/aromatic N) is 3. The summed E-state index contributed by atoms with van der Waals surface area (Å²) in [5.74, 6) is 0.0876. The molecule has 2 aromatic rings. The molecule has 2 heterocycles. The maximum absolute atomic E-state index is 11.7. The first-order chi connectivity index (χ1) is 9.56. The summed E-state index contributed by atoms with van der Waals surface area (Å²) in [6, 6.07) is 1.51. The van der Waals surface area contributed by atoms with Crippen molar-refractivity contribution < 1.29 is 9.53 Å². The summed E-state index contributed by atoms with van der Waals surface area (Å²) in [4.78, 5) is 25.7. The van der Waals surface area contributed by atoms with Crippen LogP contribution in [-0.4, -0.2) is 37.4 Å². The molecule has 108 valence electrons. The van der Waals surface area contributed by atoms with E-state index in [4.69, 9.17) is 4.74 Å². The Morgan fingerprint density at radius 2 is 2.25 bits per heavy atom. The largest absolute Gasteiger partial charge is 0.465 e. The van der Waals surface area contributed by atoms with Crippen molar-refractivity contribution >= 4 is 23.5 Å². The number of aryl methyl sites for hydroxylation is 1. The Bertz CT molecular complexity index is 679. The van der Waals surface area contributed by atoms with Crippen LogP contribution in [0.25, 0.3) is 5.78 Å². The number of fused-ring (bicyclic) bond motifs is 1. The first-order valence-corrected chi connectivity index (χ1v) is 7.25. The SMILES string of the molecule is CCOC(=O)[C@H](C)Sc1nnc2[nH]c(=O)cc(CC)n12. The lowest BCUT2D eigenvalue weighted by Crippen LogP contribution is -2.17. The molecule has 0 aliphatic heterocycles. The number of thioether (sulfide) groups is 1. The minimum atomic E-state index is -0.390. The van der Waals surface area contributed by atoms with Gasteiger partial charge in [0.15, 0.2) is 5.16 Å². The molecule has 0 aliphatic carbocycles. The highest BCUT2D eigenvalue weighted by atomic mass is 32.2. The zero-order valence-electron chi connectivity index (χ0n) is 11.5. The molecule has 0 saturated carbocycles. The average Bonchev–Trinajstić information content (AvgIpc) is 2.81. The maximum Gasteiger partial charge on any atom is 0.319 e. The van der Waals surface area contributed by atoms with E-state index < -0.39 is 0 Å². The van der Waals surface area contributed by atoms with E-state index in [0.717, 1.165) is 5.69 Å². The molecule has 2 rings (SSSR count). The normalized spacial score (nSPS) is 12.6. The molecule has 1 atom stereocenters. The summed E-state index contributed by atoms with van der Waals surface area (Å²) in [6.07, 6.45) is 0.666. The van der Waals surface area contributed by atoms with Gasteiger partial charge in [0.25, 0.3) is 5.56 Å². The van der Waals surface area contributed by atoms with E-state index in [1.165, 1.54) is 17.8 Å². The van der Waals surface area contributed by atoms with Gasteiger partial charge in [-0.15, -0.1) is 10.2 Å². The van der Waals surface area contributed by atoms with Gasteiger partial charge in [-0.2, -0.15) is 0 Å². The monoisotopic (exact) mass is 296 g/mol. The quantitative estimate of drug-likeness (QED) is 0.654. The Kier molecular flexibility index (Phi) is 4.43. The predicted octanol–water partition coefficient (Wildman–Crippen LogP) is 1.02. The van der Waals surface area contributed by atoms with Gasteiger partial charge in [0.05, 0.1) is 6.61 Å². The zero-order valence-corrected chi connectivity index (χ0v) is 12.4. The summed E-state index contributed by atoms with van der Waals surface area (Å²) in [5, 5.41) is 8.13. The molecule has 0 bridgehead atoms. The van der Waals surface area contributed by atoms with Gasteiger partial charge in [0, 0.05) is 11.8 Å². The molecular formula is C12H16N4O3S. The van der Waals surface area contributed by atoms with Crippen LogP contribution in [0.5, 0.6) is 0 Å². The van der Waals surface area contributed by atoms with Crippen molar-refractivity contribution in [2.75, 3.05) is 6.61 Å². The Morgan fingerprint density at radius 3 is 2.90 bits per heavy atom. The fraction of sp³-hybridized carbons (Fsp3) is 0.500. The van der Waals surface area contributed by atoms with Crippen LogP contribution in [0, 0.1) is 0 Å². The molecule has 7 nitrogen and oxygen atoms in total. The molecule has 0 aliphatic rings. The number of aromatic amines is 1. The molecule has 0 saturated heterocycles. The number of carbonyl (C=O) groups is 1. The van der Waals surface area contributed by atoms with E-state index in [1.807, 2.05) is 6.92 Å². The van der Waals surface area contributed by atoms with Crippen LogP contribution in [0.15, 0.2) is 16.0 Å². The van der Waals surface area contributed by atoms with E-state index in [0.29, 0.717) is 24.0 Å². The van der Waals surface area contributed by atoms with Crippen molar-refractivity contribution in [1.29, 1.82) is 0 Å². The molecular weight excluding hydrogens is 280 g/mol. The van der Waals surface area contributed by atoms with Crippen molar-refractivity contribution in [2.24, 2.45) is 0 Å². The molecule has 0 spiro atoms. The third kappa shape index (κ3) is 2.84. The number of nitrogens with one attached hydrogen (secondary N) is 1. The second kappa shape index (κ2) is 6.08. The summed E-state index contributed by atoms with van der Waals surface area (Å²) >= 11 is 1.26. The number of hydrogen-bond donors (Lipinski definition) is 1. The highest BCUT2D eigenvalue weighted by Crippen LogP contribution is 2.23. The van der Waals surface area contributed by atoms with Crippen molar-refractivity contribution in [3.05, 3.63) is 22.1 Å². The number of ether oxygens (including phenoxy) is 1. The third-order valence-electron chi connectivity index (χ3n) is 2.72. The Hall–Kier alpha value is -1.83. The number of H-pyrrole nitrogens is 1. The molecule has 0 unspecified atom stereocenters. The van der Waals surface area contributed by atoms with Crippen molar-refractivity contribution in [3.8, 4) is 0 Å². The minimum Gasteiger partial charge on any atom is -0.465 e. The van der Waals surface area contributed by atoms with Crippen LogP contribution in [-0.2, 0) is 16.0 Å². The number of rotatable bonds is 5. The van der Waals surface area contributed by atoms with Crippen molar-refractivity contribution in [3.63, 3.8) is 0 Å². The second-order valence-electron chi connectivity index (χ2n) is 4.13. The summed E-state index contributed by atoms with van der Waals surface area (Å²) < 4.78 is 6.72. The molecule has 8 heteroatoms. The molecule has 0 fully saturated rings. The van der Waals surface area contributed by atoms with Crippen LogP contribution in [0.4, 0.5) is 0 Å². The number of aromatic nitrogens is 4. The average molecular weight is 296 g/mol. The van der Waals surface area contributed by atoms with E-state index in [1.54, 1.807) is 18.2 Å². The molecule has 0 radical (unpaired) electrons. The van der Waals surface area contributed by atoms with Crippen molar-refractivity contribution in [2.45, 2.75) is 37.6 Å². The molecule has 0 aromatic carbocycles. The third-order valence-corrected chi connectivity index (χ3v) is 3.74. The van der Waals surface area contributed by atoms with E-state index in [9.17, 15) is 9.59 Å². The van der Waals surface area contributed by atoms with E-state index in [-0.39, 0.29) is 16.8 Å². The number of hydrogen-bond acceptors (Lipinski definition) is 6. The number of esters is 1. The van der Waals surface area contributed by atoms with Gasteiger partial charge in [-0.1, -0.05) is 18.7 Å². The Balaban J connectivity index is 2.36. The van der Waals surface area contributed by atoms with Crippen LogP contribution in [0.1, 0.15) is 26.5 Å². The van der Waals surface area contributed by atoms with Crippen LogP contribution < -0.4 is 5.56 Å². The maximum atomic E-state index is 11.7. The Morgan fingerprint density at radius 1 is 1.50 bits per heavy atom. The molecule has 0 amide bonds. The van der Waals surface area contributed by atoms with Gasteiger partial charge < -0.3 is 4.74 Å². The van der Waals surface area contributed by atoms with Crippen LogP contribution in [0.2, 0.25) is 0 Å². The zero-order chi connectivity index (χ0) is 14.7. The smallest absolute Gasteiger partial charge is 0.319 e. The highest BCUT2D eigenvalue weighted by molar-refractivity contribution is 8.00. The van der Waals surface area contributed by atoms with Gasteiger partial charge >= 0.3 is 5.97 Å². The Labute approximate surface area is 119 Å². The van der Waals surface area contributed by atoms with Crippen LogP contribution in [0.3, 0.4) is 0 Å². The second-order valence-corrected chi connectivity index (χ2v) is 5.44. The topological polar surface area (TPSA) is 89.3 Å². The number of carbonyl (C=O) groups excluding carboxylic acids is 1. The summed E-state index contributed by atoms with van der Waals surface area (Å²) in [7, 11) is 0. The van der Waals surface area contributed by atoms with Gasteiger partial charge in [0.2, 0.25) is 5.78 Å². The summed E-state index contributed by atoms with van der Waals surface area (Å²) in [5.41, 5.74) is 0.587. The van der Waals surface area contributed by atoms with Crippen LogP contribution >= 0.6 is 11.8 Å². The van der Waals surface area contributed by atoms with E-state index >= 15 is 0 Å². The lowest BCUT2D eigenvalue weighted by Gasteiger charge is -2.09. The lowest BCUT2D eigenvalue weighted by molar-refractivity contribution is -0.142. The van der Waals surface area contributed by atoms with Gasteiger partial charge in [0.1, 0.15) is 5.25 Å². The first-order valence-electron chi connectivity index (χ1n) is 6.37. The van der Waals surface area contributed by atoms with Gasteiger partial charge in [-0.25, -0.2) is 0 Å². The van der Waals surface area contributed by atoms with Gasteiger partial charge in [-0.3, -0.25) is 19.0 Å². The first kappa shape index (κ1) is 14.6. The van der Waals surface area contributed by atoms with Gasteiger partial charge in [-0.05, 0) is 20.3 Å². The lowest BCUT2D eigenvalue weighted by atomic mass is 10.3.